The maximum atomic E-state index is 10.8. The summed E-state index contributed by atoms with van der Waals surface area (Å²) in [5.41, 5.74) is 0.488. The van der Waals surface area contributed by atoms with Crippen LogP contribution in [0.3, 0.4) is 0 Å². The number of ether oxygens (including phenoxy) is 1. The van der Waals surface area contributed by atoms with Crippen molar-refractivity contribution in [1.29, 1.82) is 0 Å². The summed E-state index contributed by atoms with van der Waals surface area (Å²) in [7, 11) is 0. The number of aromatic carboxylic acids is 1. The number of rotatable bonds is 3. The van der Waals surface area contributed by atoms with Crippen molar-refractivity contribution in [2.75, 3.05) is 0 Å². The van der Waals surface area contributed by atoms with Crippen molar-refractivity contribution in [3.63, 3.8) is 0 Å². The van der Waals surface area contributed by atoms with Crippen LogP contribution in [0.1, 0.15) is 10.4 Å². The predicted octanol–water partition coefficient (Wildman–Crippen LogP) is 1.66. The Kier molecular flexibility index (Phi) is 2.92. The van der Waals surface area contributed by atoms with Gasteiger partial charge in [-0.15, -0.1) is 5.10 Å². The van der Waals surface area contributed by atoms with Gasteiger partial charge in [0.15, 0.2) is 0 Å². The molecule has 0 bridgehead atoms. The maximum Gasteiger partial charge on any atom is 0.335 e. The number of hydrogen-bond donors (Lipinski definition) is 1. The molecule has 2 heterocycles. The van der Waals surface area contributed by atoms with Gasteiger partial charge in [-0.2, -0.15) is 4.52 Å². The molecule has 0 amide bonds. The first-order valence-corrected chi connectivity index (χ1v) is 5.76. The van der Waals surface area contributed by atoms with Gasteiger partial charge in [0.2, 0.25) is 11.5 Å². The Hall–Kier alpha value is -2.74. The molecule has 1 aromatic carbocycles. The largest absolute Gasteiger partial charge is 0.478 e. The second-order valence-corrected chi connectivity index (χ2v) is 4.15. The van der Waals surface area contributed by atoms with Crippen LogP contribution in [0.4, 0.5) is 0 Å². The standard InChI is InChI=1S/C11H6ClN5O3/c12-7-3-6(11(18)19)1-2-8(7)20-10-5-13-4-9-14-15-16-17(9)10/h1-5H,(H,18,19). The van der Waals surface area contributed by atoms with E-state index >= 15 is 0 Å². The highest BCUT2D eigenvalue weighted by molar-refractivity contribution is 6.32. The number of halogens is 1. The topological polar surface area (TPSA) is 102 Å². The molecule has 0 spiro atoms. The number of fused-ring (bicyclic) bond motifs is 1. The first kappa shape index (κ1) is 12.3. The van der Waals surface area contributed by atoms with E-state index in [9.17, 15) is 4.79 Å². The minimum absolute atomic E-state index is 0.0705. The molecule has 20 heavy (non-hydrogen) atoms. The van der Waals surface area contributed by atoms with E-state index in [-0.39, 0.29) is 22.2 Å². The second kappa shape index (κ2) is 4.74. The number of nitrogens with zero attached hydrogens (tertiary/aromatic N) is 5. The molecule has 0 fully saturated rings. The highest BCUT2D eigenvalue weighted by Gasteiger charge is 2.11. The quantitative estimate of drug-likeness (QED) is 0.782. The SMILES string of the molecule is O=C(O)c1ccc(Oc2cncc3nnnn23)c(Cl)c1. The first-order valence-electron chi connectivity index (χ1n) is 5.38. The highest BCUT2D eigenvalue weighted by Crippen LogP contribution is 2.29. The molecular weight excluding hydrogens is 286 g/mol. The summed E-state index contributed by atoms with van der Waals surface area (Å²) < 4.78 is 6.89. The summed E-state index contributed by atoms with van der Waals surface area (Å²) in [5, 5.41) is 20.0. The third-order valence-electron chi connectivity index (χ3n) is 2.47. The maximum absolute atomic E-state index is 10.8. The van der Waals surface area contributed by atoms with E-state index in [2.05, 4.69) is 20.5 Å². The molecule has 100 valence electrons. The smallest absolute Gasteiger partial charge is 0.335 e. The molecule has 2 aromatic heterocycles. The van der Waals surface area contributed by atoms with E-state index < -0.39 is 5.97 Å². The third-order valence-corrected chi connectivity index (χ3v) is 2.77. The molecule has 3 aromatic rings. The Morgan fingerprint density at radius 2 is 2.20 bits per heavy atom. The molecule has 0 radical (unpaired) electrons. The van der Waals surface area contributed by atoms with Gasteiger partial charge in [0, 0.05) is 0 Å². The fraction of sp³-hybridized carbons (Fsp3) is 0. The van der Waals surface area contributed by atoms with Crippen molar-refractivity contribution >= 4 is 23.2 Å². The zero-order chi connectivity index (χ0) is 14.1. The van der Waals surface area contributed by atoms with Crippen LogP contribution >= 0.6 is 11.6 Å². The lowest BCUT2D eigenvalue weighted by atomic mass is 10.2. The van der Waals surface area contributed by atoms with Gasteiger partial charge in [0.05, 0.1) is 23.0 Å². The lowest BCUT2D eigenvalue weighted by Gasteiger charge is -2.08. The van der Waals surface area contributed by atoms with Crippen molar-refractivity contribution in [2.24, 2.45) is 0 Å². The number of carbonyl (C=O) groups is 1. The zero-order valence-electron chi connectivity index (χ0n) is 9.76. The van der Waals surface area contributed by atoms with Crippen LogP contribution in [0.15, 0.2) is 30.6 Å². The molecule has 0 atom stereocenters. The third kappa shape index (κ3) is 2.12. The van der Waals surface area contributed by atoms with E-state index in [1.54, 1.807) is 0 Å². The van der Waals surface area contributed by atoms with Crippen LogP contribution in [-0.2, 0) is 0 Å². The monoisotopic (exact) mass is 291 g/mol. The summed E-state index contributed by atoms with van der Waals surface area (Å²) in [4.78, 5) is 14.8. The number of aromatic nitrogens is 5. The van der Waals surface area contributed by atoms with Gasteiger partial charge >= 0.3 is 5.97 Å². The molecular formula is C11H6ClN5O3. The fourth-order valence-electron chi connectivity index (χ4n) is 1.55. The normalized spacial score (nSPS) is 10.7. The van der Waals surface area contributed by atoms with E-state index in [4.69, 9.17) is 21.4 Å². The summed E-state index contributed by atoms with van der Waals surface area (Å²) in [6.07, 6.45) is 2.90. The van der Waals surface area contributed by atoms with E-state index in [1.165, 1.54) is 35.1 Å². The zero-order valence-corrected chi connectivity index (χ0v) is 10.5. The molecule has 8 nitrogen and oxygen atoms in total. The fourth-order valence-corrected chi connectivity index (χ4v) is 1.77. The molecule has 0 saturated heterocycles. The second-order valence-electron chi connectivity index (χ2n) is 3.75. The molecule has 0 saturated carbocycles. The van der Waals surface area contributed by atoms with Crippen molar-refractivity contribution in [2.45, 2.75) is 0 Å². The van der Waals surface area contributed by atoms with Gasteiger partial charge in [-0.25, -0.2) is 4.79 Å². The van der Waals surface area contributed by atoms with Crippen molar-refractivity contribution < 1.29 is 14.6 Å². The Balaban J connectivity index is 1.99. The number of tetrazole rings is 1. The van der Waals surface area contributed by atoms with Gasteiger partial charge in [-0.1, -0.05) is 11.6 Å². The summed E-state index contributed by atoms with van der Waals surface area (Å²) >= 11 is 5.98. The minimum Gasteiger partial charge on any atom is -0.478 e. The number of carboxylic acid groups (broad SMARTS) is 1. The summed E-state index contributed by atoms with van der Waals surface area (Å²) in [6, 6.07) is 4.14. The van der Waals surface area contributed by atoms with Gasteiger partial charge in [-0.3, -0.25) is 4.98 Å². The number of benzene rings is 1. The average molecular weight is 292 g/mol. The van der Waals surface area contributed by atoms with E-state index in [0.29, 0.717) is 5.65 Å². The van der Waals surface area contributed by atoms with Gasteiger partial charge in [-0.05, 0) is 28.6 Å². The Labute approximate surface area is 116 Å². The number of hydrogen-bond acceptors (Lipinski definition) is 6. The minimum atomic E-state index is -1.07. The van der Waals surface area contributed by atoms with Crippen LogP contribution in [0.5, 0.6) is 11.6 Å². The molecule has 0 aliphatic rings. The lowest BCUT2D eigenvalue weighted by Crippen LogP contribution is -1.99. The highest BCUT2D eigenvalue weighted by atomic mass is 35.5. The summed E-state index contributed by atoms with van der Waals surface area (Å²) in [6.45, 7) is 0. The molecule has 9 heteroatoms. The molecule has 1 N–H and O–H groups in total. The van der Waals surface area contributed by atoms with Crippen LogP contribution in [-0.4, -0.2) is 36.1 Å². The van der Waals surface area contributed by atoms with Crippen LogP contribution < -0.4 is 4.74 Å². The van der Waals surface area contributed by atoms with Gasteiger partial charge < -0.3 is 9.84 Å². The van der Waals surface area contributed by atoms with Crippen molar-refractivity contribution in [3.05, 3.63) is 41.2 Å². The van der Waals surface area contributed by atoms with Crippen LogP contribution in [0.2, 0.25) is 5.02 Å². The molecule has 3 rings (SSSR count). The number of carboxylic acids is 1. The Bertz CT molecular complexity index is 804. The van der Waals surface area contributed by atoms with E-state index in [1.807, 2.05) is 0 Å². The Morgan fingerprint density at radius 1 is 1.35 bits per heavy atom. The predicted molar refractivity (Wildman–Crippen MR) is 67.1 cm³/mol. The average Bonchev–Trinajstić information content (AvgIpc) is 2.90. The molecule has 0 aliphatic heterocycles. The molecule has 0 aliphatic carbocycles. The van der Waals surface area contributed by atoms with E-state index in [0.717, 1.165) is 0 Å². The lowest BCUT2D eigenvalue weighted by molar-refractivity contribution is 0.0697. The van der Waals surface area contributed by atoms with Gasteiger partial charge in [0.25, 0.3) is 0 Å². The van der Waals surface area contributed by atoms with Crippen LogP contribution in [0.25, 0.3) is 5.65 Å². The van der Waals surface area contributed by atoms with Crippen LogP contribution in [0, 0.1) is 0 Å². The first-order chi connectivity index (χ1) is 9.65. The molecule has 0 unspecified atom stereocenters. The van der Waals surface area contributed by atoms with Crippen molar-refractivity contribution in [3.8, 4) is 11.6 Å². The van der Waals surface area contributed by atoms with Gasteiger partial charge in [0.1, 0.15) is 5.75 Å². The summed E-state index contributed by atoms with van der Waals surface area (Å²) in [5.74, 6) is -0.526. The Morgan fingerprint density at radius 3 is 2.95 bits per heavy atom. The van der Waals surface area contributed by atoms with Crippen molar-refractivity contribution in [1.82, 2.24) is 25.0 Å².